The van der Waals surface area contributed by atoms with E-state index in [1.165, 1.54) is 0 Å². The lowest BCUT2D eigenvalue weighted by Gasteiger charge is -2.24. The summed E-state index contributed by atoms with van der Waals surface area (Å²) in [6.45, 7) is 5.09. The van der Waals surface area contributed by atoms with Crippen molar-refractivity contribution < 1.29 is 9.90 Å². The molecule has 1 aliphatic heterocycles. The highest BCUT2D eigenvalue weighted by molar-refractivity contribution is 5.57. The van der Waals surface area contributed by atoms with Crippen molar-refractivity contribution in [3.63, 3.8) is 0 Å². The average molecular weight is 214 g/mol. The van der Waals surface area contributed by atoms with Gasteiger partial charge >= 0.3 is 0 Å². The van der Waals surface area contributed by atoms with Crippen LogP contribution in [0, 0.1) is 5.92 Å². The van der Waals surface area contributed by atoms with Crippen LogP contribution in [0.5, 0.6) is 0 Å². The second-order valence-electron chi connectivity index (χ2n) is 4.69. The van der Waals surface area contributed by atoms with E-state index in [4.69, 9.17) is 0 Å². The molecular weight excluding hydrogens is 192 g/mol. The van der Waals surface area contributed by atoms with Crippen LogP contribution in [-0.4, -0.2) is 36.2 Å². The standard InChI is InChI=1S/C11H22N2O2/c1-8(2)6-9(7-14)13-11(15)10-4-3-5-12-10/h7-13,15H,3-6H2,1-2H3/t9-,10-,11?/m0/s1. The minimum absolute atomic E-state index is 0.0969. The fraction of sp³-hybridized carbons (Fsp3) is 0.909. The predicted molar refractivity (Wildman–Crippen MR) is 59.5 cm³/mol. The number of carbonyl (C=O) groups excluding carboxylic acids is 1. The minimum Gasteiger partial charge on any atom is -0.377 e. The molecule has 0 spiro atoms. The van der Waals surface area contributed by atoms with Gasteiger partial charge in [0.25, 0.3) is 0 Å². The van der Waals surface area contributed by atoms with Gasteiger partial charge in [-0.25, -0.2) is 0 Å². The summed E-state index contributed by atoms with van der Waals surface area (Å²) < 4.78 is 0. The number of nitrogens with one attached hydrogen (secondary N) is 2. The second-order valence-corrected chi connectivity index (χ2v) is 4.69. The van der Waals surface area contributed by atoms with Crippen LogP contribution in [0.4, 0.5) is 0 Å². The fourth-order valence-corrected chi connectivity index (χ4v) is 1.99. The van der Waals surface area contributed by atoms with Crippen molar-refractivity contribution >= 4 is 6.29 Å². The minimum atomic E-state index is -0.610. The van der Waals surface area contributed by atoms with E-state index in [9.17, 15) is 9.90 Å². The molecule has 88 valence electrons. The molecule has 0 aromatic carbocycles. The second kappa shape index (κ2) is 6.20. The van der Waals surface area contributed by atoms with E-state index in [1.807, 2.05) is 0 Å². The van der Waals surface area contributed by atoms with Crippen molar-refractivity contribution in [2.45, 2.75) is 51.4 Å². The maximum Gasteiger partial charge on any atom is 0.136 e. The molecule has 1 aliphatic rings. The molecular formula is C11H22N2O2. The van der Waals surface area contributed by atoms with E-state index >= 15 is 0 Å². The Morgan fingerprint density at radius 3 is 2.80 bits per heavy atom. The largest absolute Gasteiger partial charge is 0.377 e. The number of hydrogen-bond acceptors (Lipinski definition) is 4. The van der Waals surface area contributed by atoms with Gasteiger partial charge in [-0.15, -0.1) is 0 Å². The van der Waals surface area contributed by atoms with E-state index in [1.54, 1.807) is 0 Å². The molecule has 1 heterocycles. The summed E-state index contributed by atoms with van der Waals surface area (Å²) in [6.07, 6.45) is 3.12. The summed E-state index contributed by atoms with van der Waals surface area (Å²) in [5.41, 5.74) is 0. The van der Waals surface area contributed by atoms with E-state index in [0.29, 0.717) is 5.92 Å². The molecule has 4 nitrogen and oxygen atoms in total. The number of aldehydes is 1. The molecule has 1 fully saturated rings. The van der Waals surface area contributed by atoms with E-state index < -0.39 is 6.23 Å². The van der Waals surface area contributed by atoms with Gasteiger partial charge in [0.15, 0.2) is 0 Å². The molecule has 3 atom stereocenters. The molecule has 0 amide bonds. The molecule has 0 aromatic heterocycles. The Kier molecular flexibility index (Phi) is 5.22. The SMILES string of the molecule is CC(C)C[C@@H](C=O)NC(O)[C@@H]1CCCN1. The molecule has 15 heavy (non-hydrogen) atoms. The van der Waals surface area contributed by atoms with Crippen molar-refractivity contribution in [2.75, 3.05) is 6.54 Å². The molecule has 0 aliphatic carbocycles. The van der Waals surface area contributed by atoms with Crippen LogP contribution >= 0.6 is 0 Å². The number of carbonyl (C=O) groups is 1. The van der Waals surface area contributed by atoms with Crippen molar-refractivity contribution in [1.82, 2.24) is 10.6 Å². The number of hydrogen-bond donors (Lipinski definition) is 3. The van der Waals surface area contributed by atoms with Crippen LogP contribution in [0.2, 0.25) is 0 Å². The first-order valence-electron chi connectivity index (χ1n) is 5.76. The Labute approximate surface area is 91.4 Å². The lowest BCUT2D eigenvalue weighted by Crippen LogP contribution is -2.49. The van der Waals surface area contributed by atoms with Gasteiger partial charge in [-0.3, -0.25) is 5.32 Å². The van der Waals surface area contributed by atoms with Crippen molar-refractivity contribution in [3.05, 3.63) is 0 Å². The molecule has 0 aromatic rings. The number of aliphatic hydroxyl groups excluding tert-OH is 1. The van der Waals surface area contributed by atoms with Gasteiger partial charge in [-0.2, -0.15) is 0 Å². The number of rotatable bonds is 6. The first-order valence-corrected chi connectivity index (χ1v) is 5.76. The van der Waals surface area contributed by atoms with Gasteiger partial charge in [0, 0.05) is 6.04 Å². The summed E-state index contributed by atoms with van der Waals surface area (Å²) in [5.74, 6) is 0.455. The first-order chi connectivity index (χ1) is 7.13. The van der Waals surface area contributed by atoms with Crippen molar-refractivity contribution in [2.24, 2.45) is 5.92 Å². The molecule has 4 heteroatoms. The van der Waals surface area contributed by atoms with Crippen LogP contribution in [0.1, 0.15) is 33.1 Å². The van der Waals surface area contributed by atoms with Crippen LogP contribution in [-0.2, 0) is 4.79 Å². The third kappa shape index (κ3) is 4.28. The summed E-state index contributed by atoms with van der Waals surface area (Å²) in [7, 11) is 0. The van der Waals surface area contributed by atoms with E-state index in [-0.39, 0.29) is 12.1 Å². The monoisotopic (exact) mass is 214 g/mol. The maximum absolute atomic E-state index is 10.8. The lowest BCUT2D eigenvalue weighted by atomic mass is 10.0. The summed E-state index contributed by atoms with van der Waals surface area (Å²) in [6, 6.07) is -0.137. The highest BCUT2D eigenvalue weighted by Crippen LogP contribution is 2.09. The Bertz CT molecular complexity index is 191. The highest BCUT2D eigenvalue weighted by atomic mass is 16.3. The van der Waals surface area contributed by atoms with E-state index in [2.05, 4.69) is 24.5 Å². The van der Waals surface area contributed by atoms with Gasteiger partial charge in [0.2, 0.25) is 0 Å². The fourth-order valence-electron chi connectivity index (χ4n) is 1.99. The molecule has 0 saturated carbocycles. The normalized spacial score (nSPS) is 25.5. The van der Waals surface area contributed by atoms with Crippen LogP contribution in [0.3, 0.4) is 0 Å². The zero-order valence-electron chi connectivity index (χ0n) is 9.57. The molecule has 1 unspecified atom stereocenters. The summed E-state index contributed by atoms with van der Waals surface area (Å²) >= 11 is 0. The van der Waals surface area contributed by atoms with Gasteiger partial charge in [-0.05, 0) is 31.7 Å². The third-order valence-corrected chi connectivity index (χ3v) is 2.75. The Hall–Kier alpha value is -0.450. The highest BCUT2D eigenvalue weighted by Gasteiger charge is 2.24. The van der Waals surface area contributed by atoms with E-state index in [0.717, 1.165) is 32.1 Å². The smallest absolute Gasteiger partial charge is 0.136 e. The topological polar surface area (TPSA) is 61.4 Å². The molecule has 3 N–H and O–H groups in total. The molecule has 1 rings (SSSR count). The molecule has 0 bridgehead atoms. The zero-order chi connectivity index (χ0) is 11.3. The number of aliphatic hydroxyl groups is 1. The zero-order valence-corrected chi connectivity index (χ0v) is 9.57. The van der Waals surface area contributed by atoms with Crippen LogP contribution in [0.15, 0.2) is 0 Å². The van der Waals surface area contributed by atoms with Gasteiger partial charge < -0.3 is 15.2 Å². The van der Waals surface area contributed by atoms with Crippen LogP contribution in [0.25, 0.3) is 0 Å². The summed E-state index contributed by atoms with van der Waals surface area (Å²) in [4.78, 5) is 10.8. The quantitative estimate of drug-likeness (QED) is 0.438. The predicted octanol–water partition coefficient (Wildman–Crippen LogP) is 0.260. The Morgan fingerprint density at radius 2 is 2.33 bits per heavy atom. The van der Waals surface area contributed by atoms with Crippen molar-refractivity contribution in [3.8, 4) is 0 Å². The molecule has 0 radical (unpaired) electrons. The Morgan fingerprint density at radius 1 is 1.60 bits per heavy atom. The van der Waals surface area contributed by atoms with Crippen LogP contribution < -0.4 is 10.6 Å². The first kappa shape index (κ1) is 12.6. The summed E-state index contributed by atoms with van der Waals surface area (Å²) in [5, 5.41) is 16.0. The Balaban J connectivity index is 2.32. The average Bonchev–Trinajstić information content (AvgIpc) is 2.68. The molecule has 1 saturated heterocycles. The van der Waals surface area contributed by atoms with Gasteiger partial charge in [0.1, 0.15) is 12.5 Å². The van der Waals surface area contributed by atoms with Crippen molar-refractivity contribution in [1.29, 1.82) is 0 Å². The van der Waals surface area contributed by atoms with Gasteiger partial charge in [0.05, 0.1) is 6.04 Å². The lowest BCUT2D eigenvalue weighted by molar-refractivity contribution is -0.111. The third-order valence-electron chi connectivity index (χ3n) is 2.75. The maximum atomic E-state index is 10.8. The van der Waals surface area contributed by atoms with Gasteiger partial charge in [-0.1, -0.05) is 13.8 Å².